The van der Waals surface area contributed by atoms with Gasteiger partial charge in [0.1, 0.15) is 5.60 Å². The summed E-state index contributed by atoms with van der Waals surface area (Å²) < 4.78 is 5.46. The summed E-state index contributed by atoms with van der Waals surface area (Å²) >= 11 is 0. The van der Waals surface area contributed by atoms with Crippen molar-refractivity contribution in [2.24, 2.45) is 0 Å². The molecule has 1 saturated heterocycles. The fourth-order valence-electron chi connectivity index (χ4n) is 3.83. The summed E-state index contributed by atoms with van der Waals surface area (Å²) in [6.07, 6.45) is -0.266. The second-order valence-corrected chi connectivity index (χ2v) is 8.98. The number of ether oxygens (including phenoxy) is 1. The fraction of sp³-hybridized carbons (Fsp3) is 0.308. The fourth-order valence-corrected chi connectivity index (χ4v) is 3.83. The van der Waals surface area contributed by atoms with Crippen LogP contribution in [0.4, 0.5) is 16.2 Å². The predicted octanol–water partition coefficient (Wildman–Crippen LogP) is 5.15. The van der Waals surface area contributed by atoms with E-state index < -0.39 is 5.60 Å². The number of rotatable bonds is 3. The molecular weight excluding hydrogens is 402 g/mol. The number of anilines is 2. The van der Waals surface area contributed by atoms with Crippen LogP contribution in [0.5, 0.6) is 0 Å². The molecule has 3 aromatic carbocycles. The van der Waals surface area contributed by atoms with E-state index in [4.69, 9.17) is 4.74 Å². The van der Waals surface area contributed by atoms with Gasteiger partial charge in [-0.2, -0.15) is 0 Å². The standard InChI is InChI=1S/C26H29N3O3/c1-26(2,3)32-25(31)29-17-15-28(16-18-29)21-13-11-20(12-14-21)24(30)27-23-10-6-8-19-7-4-5-9-22(19)23/h4-14H,15-18H2,1-3H3,(H,27,30). The summed E-state index contributed by atoms with van der Waals surface area (Å²) in [6.45, 7) is 8.29. The molecule has 1 N–H and O–H groups in total. The van der Waals surface area contributed by atoms with Crippen molar-refractivity contribution < 1.29 is 14.3 Å². The Kier molecular flexibility index (Phi) is 6.04. The van der Waals surface area contributed by atoms with E-state index in [-0.39, 0.29) is 12.0 Å². The summed E-state index contributed by atoms with van der Waals surface area (Å²) in [5.41, 5.74) is 1.96. The van der Waals surface area contributed by atoms with Crippen molar-refractivity contribution >= 4 is 34.1 Å². The Hall–Kier alpha value is -3.54. The largest absolute Gasteiger partial charge is 0.444 e. The molecule has 0 aliphatic carbocycles. The molecule has 1 fully saturated rings. The highest BCUT2D eigenvalue weighted by molar-refractivity contribution is 6.09. The summed E-state index contributed by atoms with van der Waals surface area (Å²) in [4.78, 5) is 29.0. The molecule has 0 spiro atoms. The molecule has 1 aliphatic heterocycles. The summed E-state index contributed by atoms with van der Waals surface area (Å²) in [5.74, 6) is -0.136. The van der Waals surface area contributed by atoms with Crippen LogP contribution in [0.3, 0.4) is 0 Å². The number of nitrogens with zero attached hydrogens (tertiary/aromatic N) is 2. The maximum Gasteiger partial charge on any atom is 0.410 e. The predicted molar refractivity (Wildman–Crippen MR) is 128 cm³/mol. The lowest BCUT2D eigenvalue weighted by atomic mass is 10.1. The van der Waals surface area contributed by atoms with Crippen LogP contribution in [0.25, 0.3) is 10.8 Å². The molecule has 0 unspecified atom stereocenters. The van der Waals surface area contributed by atoms with Gasteiger partial charge in [-0.3, -0.25) is 4.79 Å². The van der Waals surface area contributed by atoms with Crippen LogP contribution in [0.2, 0.25) is 0 Å². The quantitative estimate of drug-likeness (QED) is 0.623. The van der Waals surface area contributed by atoms with Gasteiger partial charge in [0.15, 0.2) is 0 Å². The van der Waals surface area contributed by atoms with E-state index in [2.05, 4.69) is 10.2 Å². The maximum absolute atomic E-state index is 12.8. The Morgan fingerprint density at radius 3 is 2.19 bits per heavy atom. The zero-order chi connectivity index (χ0) is 22.7. The Balaban J connectivity index is 1.37. The average Bonchev–Trinajstić information content (AvgIpc) is 2.78. The summed E-state index contributed by atoms with van der Waals surface area (Å²) in [6, 6.07) is 21.5. The zero-order valence-electron chi connectivity index (χ0n) is 18.8. The molecule has 0 saturated carbocycles. The number of carbonyl (C=O) groups is 2. The van der Waals surface area contributed by atoms with Crippen molar-refractivity contribution in [2.45, 2.75) is 26.4 Å². The van der Waals surface area contributed by atoms with Crippen LogP contribution >= 0.6 is 0 Å². The first-order valence-electron chi connectivity index (χ1n) is 10.9. The molecule has 6 nitrogen and oxygen atoms in total. The summed E-state index contributed by atoms with van der Waals surface area (Å²) in [5, 5.41) is 5.13. The first-order valence-corrected chi connectivity index (χ1v) is 10.9. The zero-order valence-corrected chi connectivity index (χ0v) is 18.8. The SMILES string of the molecule is CC(C)(C)OC(=O)N1CCN(c2ccc(C(=O)Nc3cccc4ccccc34)cc2)CC1. The van der Waals surface area contributed by atoms with E-state index in [0.717, 1.165) is 35.2 Å². The third kappa shape index (κ3) is 5.02. The van der Waals surface area contributed by atoms with Crippen LogP contribution in [-0.2, 0) is 4.74 Å². The molecule has 0 bridgehead atoms. The third-order valence-electron chi connectivity index (χ3n) is 5.46. The molecule has 166 valence electrons. The van der Waals surface area contributed by atoms with Gasteiger partial charge >= 0.3 is 6.09 Å². The molecule has 2 amide bonds. The summed E-state index contributed by atoms with van der Waals surface area (Å²) in [7, 11) is 0. The van der Waals surface area contributed by atoms with Crippen molar-refractivity contribution in [3.8, 4) is 0 Å². The Morgan fingerprint density at radius 2 is 1.50 bits per heavy atom. The van der Waals surface area contributed by atoms with Crippen molar-refractivity contribution in [1.82, 2.24) is 4.90 Å². The third-order valence-corrected chi connectivity index (χ3v) is 5.46. The van der Waals surface area contributed by atoms with Crippen molar-refractivity contribution in [2.75, 3.05) is 36.4 Å². The number of hydrogen-bond donors (Lipinski definition) is 1. The topological polar surface area (TPSA) is 61.9 Å². The number of nitrogens with one attached hydrogen (secondary N) is 1. The molecule has 6 heteroatoms. The minimum atomic E-state index is -0.489. The second kappa shape index (κ2) is 8.91. The molecule has 0 aromatic heterocycles. The van der Waals surface area contributed by atoms with Crippen LogP contribution in [0, 0.1) is 0 Å². The van der Waals surface area contributed by atoms with E-state index in [0.29, 0.717) is 18.7 Å². The van der Waals surface area contributed by atoms with Crippen LogP contribution in [-0.4, -0.2) is 48.7 Å². The maximum atomic E-state index is 12.8. The van der Waals surface area contributed by atoms with E-state index in [9.17, 15) is 9.59 Å². The number of benzene rings is 3. The highest BCUT2D eigenvalue weighted by atomic mass is 16.6. The van der Waals surface area contributed by atoms with Gasteiger partial charge in [0.25, 0.3) is 5.91 Å². The molecule has 3 aromatic rings. The average molecular weight is 432 g/mol. The Labute approximate surface area is 188 Å². The van der Waals surface area contributed by atoms with E-state index in [1.54, 1.807) is 4.90 Å². The molecule has 4 rings (SSSR count). The van der Waals surface area contributed by atoms with Crippen LogP contribution in [0.1, 0.15) is 31.1 Å². The lowest BCUT2D eigenvalue weighted by Crippen LogP contribution is -2.50. The normalized spacial score (nSPS) is 14.3. The first kappa shape index (κ1) is 21.7. The molecule has 1 aliphatic rings. The van der Waals surface area contributed by atoms with Crippen LogP contribution in [0.15, 0.2) is 66.7 Å². The molecule has 32 heavy (non-hydrogen) atoms. The van der Waals surface area contributed by atoms with Crippen LogP contribution < -0.4 is 10.2 Å². The second-order valence-electron chi connectivity index (χ2n) is 8.98. The Morgan fingerprint density at radius 1 is 0.844 bits per heavy atom. The van der Waals surface area contributed by atoms with Gasteiger partial charge in [-0.05, 0) is 56.5 Å². The lowest BCUT2D eigenvalue weighted by molar-refractivity contribution is 0.0240. The monoisotopic (exact) mass is 431 g/mol. The molecule has 0 radical (unpaired) electrons. The van der Waals surface area contributed by atoms with Gasteiger partial charge in [-0.25, -0.2) is 4.79 Å². The highest BCUT2D eigenvalue weighted by Crippen LogP contribution is 2.24. The van der Waals surface area contributed by atoms with Gasteiger partial charge in [0.2, 0.25) is 0 Å². The van der Waals surface area contributed by atoms with Gasteiger partial charge in [0, 0.05) is 48.5 Å². The molecule has 0 atom stereocenters. The molecule has 1 heterocycles. The first-order chi connectivity index (χ1) is 15.3. The number of piperazine rings is 1. The number of carbonyl (C=O) groups excluding carboxylic acids is 2. The van der Waals surface area contributed by atoms with Crippen molar-refractivity contribution in [3.05, 3.63) is 72.3 Å². The number of amides is 2. The smallest absolute Gasteiger partial charge is 0.410 e. The lowest BCUT2D eigenvalue weighted by Gasteiger charge is -2.36. The highest BCUT2D eigenvalue weighted by Gasteiger charge is 2.26. The van der Waals surface area contributed by atoms with Crippen molar-refractivity contribution in [1.29, 1.82) is 0 Å². The van der Waals surface area contributed by atoms with Gasteiger partial charge in [0.05, 0.1) is 0 Å². The van der Waals surface area contributed by atoms with E-state index in [1.807, 2.05) is 87.5 Å². The number of fused-ring (bicyclic) bond motifs is 1. The van der Waals surface area contributed by atoms with Gasteiger partial charge in [-0.15, -0.1) is 0 Å². The molecular formula is C26H29N3O3. The van der Waals surface area contributed by atoms with Gasteiger partial charge in [-0.1, -0.05) is 36.4 Å². The Bertz CT molecular complexity index is 1110. The minimum absolute atomic E-state index is 0.136. The van der Waals surface area contributed by atoms with Crippen molar-refractivity contribution in [3.63, 3.8) is 0 Å². The van der Waals surface area contributed by atoms with Gasteiger partial charge < -0.3 is 19.9 Å². The van der Waals surface area contributed by atoms with E-state index >= 15 is 0 Å². The number of hydrogen-bond acceptors (Lipinski definition) is 4. The minimum Gasteiger partial charge on any atom is -0.444 e. The van der Waals surface area contributed by atoms with E-state index in [1.165, 1.54) is 0 Å².